The van der Waals surface area contributed by atoms with Gasteiger partial charge in [0.1, 0.15) is 6.61 Å². The highest BCUT2D eigenvalue weighted by Gasteiger charge is 2.31. The molecule has 1 saturated heterocycles. The van der Waals surface area contributed by atoms with E-state index in [4.69, 9.17) is 9.47 Å². The topological polar surface area (TPSA) is 81.7 Å². The van der Waals surface area contributed by atoms with Gasteiger partial charge < -0.3 is 14.8 Å². The zero-order valence-electron chi connectivity index (χ0n) is 11.4. The molecule has 1 N–H and O–H groups in total. The third-order valence-corrected chi connectivity index (χ3v) is 5.53. The molecule has 1 fully saturated rings. The largest absolute Gasteiger partial charge is 0.485 e. The minimum absolute atomic E-state index is 0.00394. The molecular weight excluding hydrogens is 294 g/mol. The van der Waals surface area contributed by atoms with Gasteiger partial charge in [0, 0.05) is 6.54 Å². The number of para-hydroxylation sites is 2. The number of carbonyl (C=O) groups excluding carboxylic acids is 1. The maximum atomic E-state index is 12.1. The molecule has 7 heteroatoms. The number of hydrogen-bond donors (Lipinski definition) is 1. The van der Waals surface area contributed by atoms with Crippen molar-refractivity contribution in [2.24, 2.45) is 5.92 Å². The molecule has 3 rings (SSSR count). The molecule has 21 heavy (non-hydrogen) atoms. The molecular formula is C14H17NO5S. The number of amides is 1. The summed E-state index contributed by atoms with van der Waals surface area (Å²) in [6.07, 6.45) is -0.0917. The Morgan fingerprint density at radius 3 is 2.76 bits per heavy atom. The first-order chi connectivity index (χ1) is 10.0. The maximum absolute atomic E-state index is 12.1. The highest BCUT2D eigenvalue weighted by atomic mass is 32.2. The molecule has 1 aromatic carbocycles. The van der Waals surface area contributed by atoms with E-state index >= 15 is 0 Å². The molecule has 0 bridgehead atoms. The molecule has 1 amide bonds. The Bertz CT molecular complexity index is 643. The van der Waals surface area contributed by atoms with Gasteiger partial charge in [-0.15, -0.1) is 0 Å². The summed E-state index contributed by atoms with van der Waals surface area (Å²) in [6, 6.07) is 7.18. The van der Waals surface area contributed by atoms with Crippen LogP contribution in [0, 0.1) is 5.92 Å². The SMILES string of the molecule is O=C(NC[C@H]1CCS(=O)(=O)C1)[C@H]1COc2ccccc2O1. The van der Waals surface area contributed by atoms with Gasteiger partial charge in [-0.3, -0.25) is 4.79 Å². The van der Waals surface area contributed by atoms with Gasteiger partial charge in [-0.2, -0.15) is 0 Å². The summed E-state index contributed by atoms with van der Waals surface area (Å²) in [6.45, 7) is 0.519. The quantitative estimate of drug-likeness (QED) is 0.872. The van der Waals surface area contributed by atoms with E-state index in [1.54, 1.807) is 12.1 Å². The summed E-state index contributed by atoms with van der Waals surface area (Å²) in [5.41, 5.74) is 0. The van der Waals surface area contributed by atoms with Crippen LogP contribution < -0.4 is 14.8 Å². The van der Waals surface area contributed by atoms with E-state index < -0.39 is 15.9 Å². The predicted molar refractivity (Wildman–Crippen MR) is 76.1 cm³/mol. The van der Waals surface area contributed by atoms with Gasteiger partial charge in [0.05, 0.1) is 11.5 Å². The molecule has 1 aromatic rings. The Morgan fingerprint density at radius 1 is 1.29 bits per heavy atom. The van der Waals surface area contributed by atoms with Crippen LogP contribution in [0.5, 0.6) is 11.5 Å². The Morgan fingerprint density at radius 2 is 2.05 bits per heavy atom. The summed E-state index contributed by atoms with van der Waals surface area (Å²) < 4.78 is 33.8. The third kappa shape index (κ3) is 3.29. The molecule has 0 saturated carbocycles. The van der Waals surface area contributed by atoms with E-state index in [1.807, 2.05) is 12.1 Å². The van der Waals surface area contributed by atoms with Crippen LogP contribution in [0.2, 0.25) is 0 Å². The van der Waals surface area contributed by atoms with Crippen LogP contribution in [0.1, 0.15) is 6.42 Å². The van der Waals surface area contributed by atoms with Gasteiger partial charge in [-0.05, 0) is 24.5 Å². The lowest BCUT2D eigenvalue weighted by molar-refractivity contribution is -0.130. The highest BCUT2D eigenvalue weighted by Crippen LogP contribution is 2.30. The van der Waals surface area contributed by atoms with Gasteiger partial charge in [0.25, 0.3) is 5.91 Å². The molecule has 2 heterocycles. The molecule has 114 valence electrons. The standard InChI is InChI=1S/C14H17NO5S/c16-14(15-7-10-5-6-21(17,18)9-10)13-8-19-11-3-1-2-4-12(11)20-13/h1-4,10,13H,5-9H2,(H,15,16)/t10-,13-/m1/s1. The summed E-state index contributed by atoms with van der Waals surface area (Å²) in [7, 11) is -2.92. The normalized spacial score (nSPS) is 26.3. The van der Waals surface area contributed by atoms with Crippen LogP contribution in [-0.4, -0.2) is 45.1 Å². The average molecular weight is 311 g/mol. The van der Waals surface area contributed by atoms with E-state index in [2.05, 4.69) is 5.32 Å². The molecule has 0 unspecified atom stereocenters. The van der Waals surface area contributed by atoms with Crippen molar-refractivity contribution in [3.8, 4) is 11.5 Å². The van der Waals surface area contributed by atoms with Crippen LogP contribution in [0.15, 0.2) is 24.3 Å². The lowest BCUT2D eigenvalue weighted by atomic mass is 10.1. The van der Waals surface area contributed by atoms with E-state index in [1.165, 1.54) is 0 Å². The predicted octanol–water partition coefficient (Wildman–Crippen LogP) is 0.377. The van der Waals surface area contributed by atoms with Gasteiger partial charge in [0.15, 0.2) is 21.3 Å². The smallest absolute Gasteiger partial charge is 0.264 e. The molecule has 2 aliphatic rings. The minimum atomic E-state index is -2.92. The van der Waals surface area contributed by atoms with E-state index in [-0.39, 0.29) is 29.9 Å². The monoisotopic (exact) mass is 311 g/mol. The van der Waals surface area contributed by atoms with Crippen molar-refractivity contribution in [2.75, 3.05) is 24.7 Å². The molecule has 0 radical (unpaired) electrons. The van der Waals surface area contributed by atoms with Crippen molar-refractivity contribution in [1.82, 2.24) is 5.32 Å². The first-order valence-electron chi connectivity index (χ1n) is 6.90. The lowest BCUT2D eigenvalue weighted by Crippen LogP contribution is -2.45. The molecule has 0 spiro atoms. The number of rotatable bonds is 3. The Hall–Kier alpha value is -1.76. The third-order valence-electron chi connectivity index (χ3n) is 3.69. The van der Waals surface area contributed by atoms with Gasteiger partial charge in [-0.1, -0.05) is 12.1 Å². The van der Waals surface area contributed by atoms with Crippen LogP contribution in [0.25, 0.3) is 0 Å². The number of benzene rings is 1. The van der Waals surface area contributed by atoms with Crippen molar-refractivity contribution < 1.29 is 22.7 Å². The van der Waals surface area contributed by atoms with Crippen molar-refractivity contribution in [3.63, 3.8) is 0 Å². The van der Waals surface area contributed by atoms with Crippen molar-refractivity contribution in [1.29, 1.82) is 0 Å². The van der Waals surface area contributed by atoms with Crippen LogP contribution in [0.3, 0.4) is 0 Å². The van der Waals surface area contributed by atoms with E-state index in [0.717, 1.165) is 0 Å². The van der Waals surface area contributed by atoms with Crippen molar-refractivity contribution in [3.05, 3.63) is 24.3 Å². The van der Waals surface area contributed by atoms with E-state index in [9.17, 15) is 13.2 Å². The molecule has 0 aliphatic carbocycles. The number of ether oxygens (including phenoxy) is 2. The Labute approximate surface area is 123 Å². The minimum Gasteiger partial charge on any atom is -0.485 e. The first-order valence-corrected chi connectivity index (χ1v) is 8.72. The van der Waals surface area contributed by atoms with Gasteiger partial charge >= 0.3 is 0 Å². The highest BCUT2D eigenvalue weighted by molar-refractivity contribution is 7.91. The van der Waals surface area contributed by atoms with Gasteiger partial charge in [0.2, 0.25) is 6.10 Å². The number of carbonyl (C=O) groups is 1. The average Bonchev–Trinajstić information content (AvgIpc) is 2.83. The van der Waals surface area contributed by atoms with E-state index in [0.29, 0.717) is 24.5 Å². The van der Waals surface area contributed by atoms with Gasteiger partial charge in [-0.25, -0.2) is 8.42 Å². The second kappa shape index (κ2) is 5.55. The Kier molecular flexibility index (Phi) is 3.75. The maximum Gasteiger partial charge on any atom is 0.264 e. The van der Waals surface area contributed by atoms with Crippen LogP contribution in [0.4, 0.5) is 0 Å². The number of nitrogens with one attached hydrogen (secondary N) is 1. The number of fused-ring (bicyclic) bond motifs is 1. The summed E-state index contributed by atoms with van der Waals surface area (Å²) in [5, 5.41) is 2.75. The summed E-state index contributed by atoms with van der Waals surface area (Å²) >= 11 is 0. The molecule has 0 aromatic heterocycles. The fourth-order valence-corrected chi connectivity index (χ4v) is 4.40. The molecule has 2 atom stereocenters. The fourth-order valence-electron chi connectivity index (χ4n) is 2.54. The lowest BCUT2D eigenvalue weighted by Gasteiger charge is -2.25. The first kappa shape index (κ1) is 14.2. The molecule has 6 nitrogen and oxygen atoms in total. The second-order valence-corrected chi connectivity index (χ2v) is 7.61. The number of sulfone groups is 1. The number of hydrogen-bond acceptors (Lipinski definition) is 5. The summed E-state index contributed by atoms with van der Waals surface area (Å²) in [4.78, 5) is 12.1. The van der Waals surface area contributed by atoms with Crippen LogP contribution >= 0.6 is 0 Å². The summed E-state index contributed by atoms with van der Waals surface area (Å²) in [5.74, 6) is 1.27. The van der Waals surface area contributed by atoms with Crippen molar-refractivity contribution >= 4 is 15.7 Å². The molecule has 2 aliphatic heterocycles. The fraction of sp³-hybridized carbons (Fsp3) is 0.500. The van der Waals surface area contributed by atoms with Crippen molar-refractivity contribution in [2.45, 2.75) is 12.5 Å². The van der Waals surface area contributed by atoms with Crippen LogP contribution in [-0.2, 0) is 14.6 Å². The zero-order valence-corrected chi connectivity index (χ0v) is 12.3. The Balaban J connectivity index is 1.53. The second-order valence-electron chi connectivity index (χ2n) is 5.38. The zero-order chi connectivity index (χ0) is 14.9.